The second-order valence-electron chi connectivity index (χ2n) is 22.2. The molecule has 0 saturated heterocycles. The average molecular weight is 1200 g/mol. The number of hydrogen-bond acceptors (Lipinski definition) is 17. The molecule has 25 nitrogen and oxygen atoms in total. The molecule has 7 atom stereocenters. The molecular weight excluding hydrogens is 1110 g/mol. The van der Waals surface area contributed by atoms with Crippen LogP contribution in [-0.2, 0) is 63.8 Å². The van der Waals surface area contributed by atoms with Gasteiger partial charge in [-0.05, 0) is 96.0 Å². The fraction of sp³-hybridized carbons (Fsp3) is 0.638. The molecule has 2 heterocycles. The van der Waals surface area contributed by atoms with Gasteiger partial charge in [0.1, 0.15) is 28.5 Å². The number of amides is 8. The number of unbranched alkanes of at least 4 members (excludes halogenated alkanes) is 1. The Balaban J connectivity index is 1.57. The van der Waals surface area contributed by atoms with Crippen LogP contribution in [0.1, 0.15) is 140 Å². The number of carbonyl (C=O) groups is 10. The van der Waals surface area contributed by atoms with Crippen molar-refractivity contribution in [2.24, 2.45) is 17.8 Å². The first-order valence-electron chi connectivity index (χ1n) is 28.7. The monoisotopic (exact) mass is 1200 g/mol. The molecule has 2 aromatic rings. The summed E-state index contributed by atoms with van der Waals surface area (Å²) in [6, 6.07) is 1.57. The van der Waals surface area contributed by atoms with Crippen LogP contribution in [0.5, 0.6) is 5.75 Å². The Hall–Kier alpha value is -6.87. The largest absolute Gasteiger partial charge is 0.506 e. The van der Waals surface area contributed by atoms with Crippen molar-refractivity contribution in [2.75, 3.05) is 72.5 Å². The number of rotatable bonds is 39. The normalized spacial score (nSPS) is 15.0. The number of nitrogens with zero attached hydrogens (tertiary/aromatic N) is 4. The second kappa shape index (κ2) is 35.4. The number of likely N-dealkylation sites (N-methyl/N-ethyl adjacent to an activating group) is 2. The molecule has 3 rings (SSSR count). The van der Waals surface area contributed by atoms with Crippen LogP contribution in [0.3, 0.4) is 0 Å². The first kappa shape index (κ1) is 71.4. The van der Waals surface area contributed by atoms with Gasteiger partial charge in [-0.1, -0.05) is 47.1 Å². The predicted molar refractivity (Wildman–Crippen MR) is 313 cm³/mol. The molecule has 0 radical (unpaired) electrons. The van der Waals surface area contributed by atoms with E-state index in [2.05, 4.69) is 37.3 Å². The van der Waals surface area contributed by atoms with Crippen molar-refractivity contribution in [3.63, 3.8) is 0 Å². The molecule has 0 fully saturated rings. The lowest BCUT2D eigenvalue weighted by molar-refractivity contribution is -0.368. The third kappa shape index (κ3) is 23.3. The molecular formula is C58H91N10O15S+. The molecule has 0 spiro atoms. The number of aromatic hydroxyl groups is 1. The molecule has 1 aliphatic rings. The summed E-state index contributed by atoms with van der Waals surface area (Å²) in [4.78, 5) is 137. The van der Waals surface area contributed by atoms with Gasteiger partial charge in [0.05, 0.1) is 56.5 Å². The number of ether oxygens (including phenoxy) is 3. The summed E-state index contributed by atoms with van der Waals surface area (Å²) >= 11 is 1.08. The van der Waals surface area contributed by atoms with E-state index < -0.39 is 77.3 Å². The van der Waals surface area contributed by atoms with Gasteiger partial charge in [-0.3, -0.25) is 57.7 Å². The van der Waals surface area contributed by atoms with Crippen LogP contribution in [-0.4, -0.2) is 186 Å². The Morgan fingerprint density at radius 1 is 0.857 bits per heavy atom. The summed E-state index contributed by atoms with van der Waals surface area (Å²) in [6.45, 7) is 15.3. The molecule has 1 aromatic carbocycles. The van der Waals surface area contributed by atoms with E-state index in [-0.39, 0.29) is 131 Å². The molecule has 8 amide bonds. The van der Waals surface area contributed by atoms with E-state index in [4.69, 9.17) is 14.2 Å². The van der Waals surface area contributed by atoms with E-state index in [9.17, 15) is 58.2 Å². The number of quaternary nitrogens is 1. The molecule has 0 bridgehead atoms. The highest BCUT2D eigenvalue weighted by Gasteiger charge is 2.39. The highest BCUT2D eigenvalue weighted by Crippen LogP contribution is 2.32. The number of esters is 1. The maximum atomic E-state index is 14.3. The summed E-state index contributed by atoms with van der Waals surface area (Å²) in [5.74, 6) is -6.52. The Labute approximate surface area is 496 Å². The van der Waals surface area contributed by atoms with Gasteiger partial charge in [0.15, 0.2) is 6.10 Å². The number of thiazole rings is 1. The average Bonchev–Trinajstić information content (AvgIpc) is 3.71. The number of phenols is 1. The Bertz CT molecular complexity index is 2570. The molecule has 84 heavy (non-hydrogen) atoms. The van der Waals surface area contributed by atoms with E-state index in [0.29, 0.717) is 36.4 Å². The van der Waals surface area contributed by atoms with Crippen molar-refractivity contribution in [1.82, 2.24) is 41.0 Å². The van der Waals surface area contributed by atoms with Crippen LogP contribution >= 0.6 is 11.3 Å². The van der Waals surface area contributed by atoms with Gasteiger partial charge >= 0.3 is 11.9 Å². The van der Waals surface area contributed by atoms with E-state index >= 15 is 0 Å². The fourth-order valence-corrected chi connectivity index (χ4v) is 9.72. The molecule has 1 aliphatic heterocycles. The van der Waals surface area contributed by atoms with Crippen molar-refractivity contribution in [3.8, 4) is 5.75 Å². The zero-order valence-electron chi connectivity index (χ0n) is 50.7. The van der Waals surface area contributed by atoms with Gasteiger partial charge in [0, 0.05) is 69.5 Å². The van der Waals surface area contributed by atoms with Crippen molar-refractivity contribution >= 4 is 76.2 Å². The van der Waals surface area contributed by atoms with Crippen LogP contribution in [0, 0.1) is 17.8 Å². The second-order valence-corrected chi connectivity index (χ2v) is 23.1. The number of anilines is 1. The summed E-state index contributed by atoms with van der Waals surface area (Å²) in [7, 11) is 5.23. The zero-order chi connectivity index (χ0) is 62.8. The quantitative estimate of drug-likeness (QED) is 0.0206. The van der Waals surface area contributed by atoms with Crippen LogP contribution < -0.4 is 32.3 Å². The summed E-state index contributed by atoms with van der Waals surface area (Å²) in [5.41, 5.74) is 3.53. The minimum atomic E-state index is -1.09. The summed E-state index contributed by atoms with van der Waals surface area (Å²) < 4.78 is 16.9. The maximum Gasteiger partial charge on any atom is 0.306 e. The molecule has 1 aromatic heterocycles. The first-order chi connectivity index (χ1) is 39.6. The SMILES string of the molecule is CC[C@H](C)[C@H](NC(=O)C(C)(C)N(C)C)C(=O)N(C)[C@H](C[C@@H](OC(C)=O)c1nc(C(=O)N[C@@H](Cc2ccc(O)c(NC(=O)CCOCCOCCNC(=O)[C@H](CCCC[NH3+])NC(=O)CCCN3C(=O)C=CC3=O)c2)CC(C)C(=O)O)cs1)C(C)C. The van der Waals surface area contributed by atoms with Crippen LogP contribution in [0.2, 0.25) is 0 Å². The lowest BCUT2D eigenvalue weighted by atomic mass is 9.92. The number of aliphatic carboxylic acids is 1. The smallest absolute Gasteiger partial charge is 0.306 e. The van der Waals surface area contributed by atoms with E-state index in [0.717, 1.165) is 22.7 Å². The van der Waals surface area contributed by atoms with Gasteiger partial charge in [-0.25, -0.2) is 4.98 Å². The summed E-state index contributed by atoms with van der Waals surface area (Å²) in [6.07, 6.45) is 4.23. The number of benzene rings is 1. The van der Waals surface area contributed by atoms with Crippen molar-refractivity contribution < 1.29 is 78.1 Å². The minimum Gasteiger partial charge on any atom is -0.506 e. The van der Waals surface area contributed by atoms with E-state index in [1.165, 1.54) is 43.5 Å². The molecule has 0 saturated carbocycles. The standard InChI is InChI=1S/C58H90N10O15S/c1-12-36(4)51(65-57(80)58(7,8)66(9)10)55(77)67(11)44(35(2)3)33-46(83-38(6)69)54-64-43(34-84-54)53(76)61-40(30-37(5)56(78)79)31-39-18-19-45(70)42(32-39)63-48(72)22-26-81-28-29-82-27-24-60-52(75)41(16-13-14-23-59)62-47(71)17-15-25-68-49(73)20-21-50(68)74/h18-21,32,34-37,40-41,44,46,51,70H,12-17,22-31,33,59H2,1-11H3,(H,60,75)(H,61,76)(H,62,71)(H,63,72)(H,65,80)(H,78,79)/p+1/t36-,37?,40+,41-,44+,46+,51-/m0/s1. The molecule has 26 heteroatoms. The highest BCUT2D eigenvalue weighted by atomic mass is 32.1. The maximum absolute atomic E-state index is 14.3. The summed E-state index contributed by atoms with van der Waals surface area (Å²) in [5, 5.41) is 36.4. The predicted octanol–water partition coefficient (Wildman–Crippen LogP) is 2.73. The lowest BCUT2D eigenvalue weighted by Crippen LogP contribution is -2.60. The lowest BCUT2D eigenvalue weighted by Gasteiger charge is -2.38. The fourth-order valence-electron chi connectivity index (χ4n) is 8.88. The van der Waals surface area contributed by atoms with Crippen LogP contribution in [0.25, 0.3) is 0 Å². The van der Waals surface area contributed by atoms with Gasteiger partial charge in [-0.2, -0.15) is 0 Å². The van der Waals surface area contributed by atoms with Crippen LogP contribution in [0.4, 0.5) is 5.69 Å². The molecule has 468 valence electrons. The Morgan fingerprint density at radius 2 is 1.52 bits per heavy atom. The van der Waals surface area contributed by atoms with Gasteiger partial charge < -0.3 is 61.6 Å². The van der Waals surface area contributed by atoms with Gasteiger partial charge in [0.2, 0.25) is 29.5 Å². The number of aromatic nitrogens is 1. The molecule has 1 unspecified atom stereocenters. The van der Waals surface area contributed by atoms with Gasteiger partial charge in [0.25, 0.3) is 17.7 Å². The number of carbonyl (C=O) groups excluding carboxylic acids is 9. The van der Waals surface area contributed by atoms with E-state index in [1.54, 1.807) is 50.9 Å². The molecule has 0 aliphatic carbocycles. The van der Waals surface area contributed by atoms with Gasteiger partial charge in [-0.15, -0.1) is 11.3 Å². The first-order valence-corrected chi connectivity index (χ1v) is 29.6. The number of hydrogen-bond donors (Lipinski definition) is 8. The van der Waals surface area contributed by atoms with Crippen molar-refractivity contribution in [2.45, 2.75) is 155 Å². The zero-order valence-corrected chi connectivity index (χ0v) is 51.5. The third-order valence-electron chi connectivity index (χ3n) is 14.8. The van der Waals surface area contributed by atoms with Crippen molar-refractivity contribution in [3.05, 3.63) is 52.0 Å². The number of phenolic OH excluding ortho intramolecular Hbond substituents is 1. The topological polar surface area (TPSA) is 349 Å². The number of imide groups is 1. The van der Waals surface area contributed by atoms with E-state index in [1.807, 2.05) is 27.7 Å². The third-order valence-corrected chi connectivity index (χ3v) is 15.7. The highest BCUT2D eigenvalue weighted by molar-refractivity contribution is 7.09. The number of nitrogens with one attached hydrogen (secondary N) is 5. The number of carboxylic acid groups (broad SMARTS) is 1. The van der Waals surface area contributed by atoms with Crippen LogP contribution in [0.15, 0.2) is 35.7 Å². The van der Waals surface area contributed by atoms with Crippen molar-refractivity contribution in [1.29, 1.82) is 0 Å². The minimum absolute atomic E-state index is 0.00115. The molecule has 10 N–H and O–H groups in total. The Kier molecular flexibility index (Phi) is 30.1. The number of carboxylic acids is 1. The Morgan fingerprint density at radius 3 is 2.13 bits per heavy atom.